The van der Waals surface area contributed by atoms with E-state index in [4.69, 9.17) is 4.74 Å². The number of rotatable bonds is 6. The monoisotopic (exact) mass is 367 g/mol. The van der Waals surface area contributed by atoms with E-state index < -0.39 is 0 Å². The fourth-order valence-electron chi connectivity index (χ4n) is 3.00. The van der Waals surface area contributed by atoms with Gasteiger partial charge in [0, 0.05) is 43.8 Å². The first kappa shape index (κ1) is 15.7. The molecule has 2 aromatic heterocycles. The van der Waals surface area contributed by atoms with Crippen LogP contribution < -0.4 is 5.32 Å². The zero-order valence-corrected chi connectivity index (χ0v) is 14.5. The van der Waals surface area contributed by atoms with Crippen molar-refractivity contribution in [2.24, 2.45) is 0 Å². The summed E-state index contributed by atoms with van der Waals surface area (Å²) < 4.78 is 11.0. The highest BCUT2D eigenvalue weighted by molar-refractivity contribution is 9.10. The first-order valence-corrected chi connectivity index (χ1v) is 8.53. The molecule has 3 rings (SSSR count). The lowest BCUT2D eigenvalue weighted by Crippen LogP contribution is -2.41. The quantitative estimate of drug-likeness (QED) is 0.851. The molecule has 0 amide bonds. The van der Waals surface area contributed by atoms with E-state index >= 15 is 0 Å². The highest BCUT2D eigenvalue weighted by Crippen LogP contribution is 2.28. The third kappa shape index (κ3) is 3.42. The van der Waals surface area contributed by atoms with E-state index in [0.717, 1.165) is 36.4 Å². The van der Waals surface area contributed by atoms with Crippen molar-refractivity contribution in [1.82, 2.24) is 24.6 Å². The van der Waals surface area contributed by atoms with E-state index in [1.807, 2.05) is 29.5 Å². The fourth-order valence-corrected chi connectivity index (χ4v) is 3.32. The Hall–Kier alpha value is -1.18. The van der Waals surface area contributed by atoms with Crippen LogP contribution in [0.3, 0.4) is 0 Å². The summed E-state index contributed by atoms with van der Waals surface area (Å²) in [5.41, 5.74) is 0. The fraction of sp³-hybridized carbons (Fsp3) is 0.600. The highest BCUT2D eigenvalue weighted by atomic mass is 79.9. The van der Waals surface area contributed by atoms with Gasteiger partial charge in [-0.15, -0.1) is 0 Å². The van der Waals surface area contributed by atoms with Gasteiger partial charge in [-0.3, -0.25) is 4.68 Å². The van der Waals surface area contributed by atoms with Crippen LogP contribution >= 0.6 is 15.9 Å². The minimum atomic E-state index is 0.0294. The van der Waals surface area contributed by atoms with E-state index in [9.17, 15) is 0 Å². The number of nitrogens with one attached hydrogen (secondary N) is 1. The Labute approximate surface area is 139 Å². The zero-order valence-electron chi connectivity index (χ0n) is 12.9. The third-order valence-corrected chi connectivity index (χ3v) is 4.41. The summed E-state index contributed by atoms with van der Waals surface area (Å²) in [6, 6.07) is 0.604. The number of imidazole rings is 1. The van der Waals surface area contributed by atoms with Crippen LogP contribution in [0.25, 0.3) is 0 Å². The molecule has 1 aliphatic rings. The lowest BCUT2D eigenvalue weighted by Gasteiger charge is -2.24. The number of hydrogen-bond donors (Lipinski definition) is 1. The van der Waals surface area contributed by atoms with Crippen LogP contribution in [0.1, 0.15) is 32.2 Å². The van der Waals surface area contributed by atoms with Crippen LogP contribution in [0.15, 0.2) is 29.3 Å². The second-order valence-corrected chi connectivity index (χ2v) is 6.62. The molecule has 120 valence electrons. The molecule has 0 unspecified atom stereocenters. The lowest BCUT2D eigenvalue weighted by molar-refractivity contribution is 0.0863. The number of aryl methyl sites for hydroxylation is 1. The molecule has 3 heterocycles. The van der Waals surface area contributed by atoms with Crippen LogP contribution in [0.4, 0.5) is 0 Å². The van der Waals surface area contributed by atoms with Crippen LogP contribution in [0, 0.1) is 0 Å². The van der Waals surface area contributed by atoms with Crippen molar-refractivity contribution >= 4 is 15.9 Å². The lowest BCUT2D eigenvalue weighted by atomic mass is 10.1. The second kappa shape index (κ2) is 6.93. The van der Waals surface area contributed by atoms with Gasteiger partial charge in [0.2, 0.25) is 0 Å². The van der Waals surface area contributed by atoms with Gasteiger partial charge >= 0.3 is 0 Å². The number of hydrogen-bond acceptors (Lipinski definition) is 4. The first-order chi connectivity index (χ1) is 10.7. The van der Waals surface area contributed by atoms with E-state index in [0.29, 0.717) is 12.1 Å². The van der Waals surface area contributed by atoms with Crippen molar-refractivity contribution in [2.75, 3.05) is 6.61 Å². The summed E-state index contributed by atoms with van der Waals surface area (Å²) in [4.78, 5) is 4.49. The van der Waals surface area contributed by atoms with Crippen molar-refractivity contribution in [2.45, 2.75) is 51.5 Å². The maximum absolute atomic E-state index is 5.93. The number of ether oxygens (including phenoxy) is 1. The molecule has 0 radical (unpaired) electrons. The summed E-state index contributed by atoms with van der Waals surface area (Å²) in [5, 5.41) is 7.98. The van der Waals surface area contributed by atoms with Gasteiger partial charge in [0.15, 0.2) is 0 Å². The molecule has 6 nitrogen and oxygen atoms in total. The van der Waals surface area contributed by atoms with E-state index in [-0.39, 0.29) is 6.10 Å². The number of aromatic nitrogens is 4. The third-order valence-electron chi connectivity index (χ3n) is 4.00. The summed E-state index contributed by atoms with van der Waals surface area (Å²) in [7, 11) is 0. The van der Waals surface area contributed by atoms with Gasteiger partial charge in [-0.1, -0.05) is 0 Å². The molecule has 0 aliphatic carbocycles. The minimum Gasteiger partial charge on any atom is -0.369 e. The van der Waals surface area contributed by atoms with E-state index in [2.05, 4.69) is 49.7 Å². The highest BCUT2D eigenvalue weighted by Gasteiger charge is 2.33. The largest absolute Gasteiger partial charge is 0.369 e. The van der Waals surface area contributed by atoms with Gasteiger partial charge in [-0.05, 0) is 36.2 Å². The topological polar surface area (TPSA) is 56.9 Å². The van der Waals surface area contributed by atoms with E-state index in [1.165, 1.54) is 0 Å². The molecule has 7 heteroatoms. The Morgan fingerprint density at radius 2 is 2.41 bits per heavy atom. The Morgan fingerprint density at radius 1 is 1.55 bits per heavy atom. The normalized spacial score (nSPS) is 23.0. The summed E-state index contributed by atoms with van der Waals surface area (Å²) in [5.74, 6) is 1.02. The maximum Gasteiger partial charge on any atom is 0.139 e. The molecule has 22 heavy (non-hydrogen) atoms. The predicted octanol–water partition coefficient (Wildman–Crippen LogP) is 2.37. The van der Waals surface area contributed by atoms with Crippen LogP contribution in [0.5, 0.6) is 0 Å². The molecule has 0 bridgehead atoms. The summed E-state index contributed by atoms with van der Waals surface area (Å²) >= 11 is 3.43. The van der Waals surface area contributed by atoms with Gasteiger partial charge in [0.05, 0.1) is 17.2 Å². The molecule has 2 aromatic rings. The Kier molecular flexibility index (Phi) is 4.95. The first-order valence-electron chi connectivity index (χ1n) is 7.74. The maximum atomic E-state index is 5.93. The molecular formula is C15H22BrN5O. The van der Waals surface area contributed by atoms with Crippen molar-refractivity contribution < 1.29 is 4.74 Å². The van der Waals surface area contributed by atoms with Crippen molar-refractivity contribution in [1.29, 1.82) is 0 Å². The van der Waals surface area contributed by atoms with Crippen molar-refractivity contribution in [3.63, 3.8) is 0 Å². The molecule has 0 spiro atoms. The van der Waals surface area contributed by atoms with Crippen LogP contribution in [-0.4, -0.2) is 38.0 Å². The van der Waals surface area contributed by atoms with Crippen LogP contribution in [-0.2, 0) is 17.8 Å². The van der Waals surface area contributed by atoms with Crippen molar-refractivity contribution in [3.05, 3.63) is 35.1 Å². The SMILES string of the molecule is CCn1ccnc1[C@H]1OCC[C@@H]1N[C@H](C)Cn1cc(Br)cn1. The van der Waals surface area contributed by atoms with Crippen LogP contribution in [0.2, 0.25) is 0 Å². The van der Waals surface area contributed by atoms with E-state index in [1.54, 1.807) is 0 Å². The summed E-state index contributed by atoms with van der Waals surface area (Å²) in [6.45, 7) is 6.83. The molecule has 3 atom stereocenters. The van der Waals surface area contributed by atoms with Gasteiger partial charge in [-0.2, -0.15) is 5.10 Å². The van der Waals surface area contributed by atoms with Gasteiger partial charge in [-0.25, -0.2) is 4.98 Å². The Morgan fingerprint density at radius 3 is 3.14 bits per heavy atom. The average molecular weight is 368 g/mol. The van der Waals surface area contributed by atoms with Gasteiger partial charge in [0.1, 0.15) is 11.9 Å². The molecule has 1 fully saturated rings. The van der Waals surface area contributed by atoms with Gasteiger partial charge < -0.3 is 14.6 Å². The minimum absolute atomic E-state index is 0.0294. The smallest absolute Gasteiger partial charge is 0.139 e. The molecular weight excluding hydrogens is 346 g/mol. The zero-order chi connectivity index (χ0) is 15.5. The predicted molar refractivity (Wildman–Crippen MR) is 87.5 cm³/mol. The second-order valence-electron chi connectivity index (χ2n) is 5.71. The number of halogens is 1. The van der Waals surface area contributed by atoms with Gasteiger partial charge in [0.25, 0.3) is 0 Å². The Bertz CT molecular complexity index is 611. The van der Waals surface area contributed by atoms with Crippen molar-refractivity contribution in [3.8, 4) is 0 Å². The summed E-state index contributed by atoms with van der Waals surface area (Å²) in [6.07, 6.45) is 8.70. The standard InChI is InChI=1S/C15H22BrN5O/c1-3-20-6-5-17-15(20)14-13(4-7-22-14)19-11(2)9-21-10-12(16)8-18-21/h5-6,8,10-11,13-14,19H,3-4,7,9H2,1-2H3/t11-,13+,14+/m1/s1. The molecule has 0 saturated carbocycles. The average Bonchev–Trinajstić information content (AvgIpc) is 3.19. The molecule has 0 aromatic carbocycles. The Balaban J connectivity index is 1.63. The molecule has 1 saturated heterocycles. The molecule has 1 N–H and O–H groups in total. The number of nitrogens with zero attached hydrogens (tertiary/aromatic N) is 4. The molecule has 1 aliphatic heterocycles.